The van der Waals surface area contributed by atoms with Gasteiger partial charge in [-0.2, -0.15) is 0 Å². The quantitative estimate of drug-likeness (QED) is 0.202. The fourth-order valence-corrected chi connectivity index (χ4v) is 7.64. The molecule has 2 aliphatic heterocycles. The van der Waals surface area contributed by atoms with Crippen LogP contribution in [0.4, 0.5) is 5.69 Å². The topological polar surface area (TPSA) is 187 Å². The first-order valence-corrected chi connectivity index (χ1v) is 17.5. The second-order valence-electron chi connectivity index (χ2n) is 14.9. The molecule has 0 spiro atoms. The number of methoxy groups -OCH3 is 1. The Labute approximate surface area is 295 Å². The molecule has 284 valence electrons. The molecule has 14 atom stereocenters. The Morgan fingerprint density at radius 1 is 1.06 bits per heavy atom. The van der Waals surface area contributed by atoms with Gasteiger partial charge in [0.05, 0.1) is 34.8 Å². The number of rotatable bonds is 8. The van der Waals surface area contributed by atoms with E-state index < -0.39 is 82.6 Å². The zero-order chi connectivity index (χ0) is 37.9. The van der Waals surface area contributed by atoms with Crippen LogP contribution in [0.2, 0.25) is 0 Å². The number of benzene rings is 1. The van der Waals surface area contributed by atoms with Gasteiger partial charge in [0.25, 0.3) is 0 Å². The molecule has 0 bridgehead atoms. The maximum Gasteiger partial charge on any atom is 0.312 e. The first-order chi connectivity index (χ1) is 23.2. The molecular formula is C36H58N2O12. The normalized spacial score (nSPS) is 40.9. The third-order valence-corrected chi connectivity index (χ3v) is 10.8. The highest BCUT2D eigenvalue weighted by Crippen LogP contribution is 2.41. The van der Waals surface area contributed by atoms with E-state index in [1.165, 1.54) is 39.2 Å². The van der Waals surface area contributed by atoms with Gasteiger partial charge in [0.2, 0.25) is 0 Å². The van der Waals surface area contributed by atoms with Crippen molar-refractivity contribution in [3.05, 3.63) is 34.4 Å². The van der Waals surface area contributed by atoms with Crippen molar-refractivity contribution in [1.82, 2.24) is 4.90 Å². The lowest BCUT2D eigenvalue weighted by molar-refractivity contribution is -0.386. The molecule has 50 heavy (non-hydrogen) atoms. The van der Waals surface area contributed by atoms with E-state index in [9.17, 15) is 35.0 Å². The molecule has 2 saturated heterocycles. The number of hydrogen-bond acceptors (Lipinski definition) is 13. The summed E-state index contributed by atoms with van der Waals surface area (Å²) in [5, 5.41) is 46.4. The molecule has 1 aromatic carbocycles. The Hall–Kier alpha value is -2.72. The largest absolute Gasteiger partial charge is 0.482 e. The number of ketones is 1. The Bertz CT molecular complexity index is 1330. The number of aliphatic hydroxyl groups is 3. The predicted octanol–water partition coefficient (Wildman–Crippen LogP) is 3.51. The third-order valence-electron chi connectivity index (χ3n) is 10.8. The molecule has 0 aromatic heterocycles. The van der Waals surface area contributed by atoms with Gasteiger partial charge in [-0.15, -0.1) is 0 Å². The highest BCUT2D eigenvalue weighted by atomic mass is 16.7. The molecule has 14 heteroatoms. The highest BCUT2D eigenvalue weighted by Gasteiger charge is 2.52. The van der Waals surface area contributed by atoms with Crippen molar-refractivity contribution in [2.45, 2.75) is 135 Å². The van der Waals surface area contributed by atoms with Crippen molar-refractivity contribution in [2.24, 2.45) is 23.7 Å². The van der Waals surface area contributed by atoms with Gasteiger partial charge in [-0.1, -0.05) is 39.8 Å². The molecule has 2 aliphatic rings. The van der Waals surface area contributed by atoms with Crippen LogP contribution in [0.5, 0.6) is 5.75 Å². The van der Waals surface area contributed by atoms with Crippen LogP contribution in [-0.4, -0.2) is 118 Å². The average molecular weight is 711 g/mol. The van der Waals surface area contributed by atoms with Gasteiger partial charge in [-0.05, 0) is 67.1 Å². The third kappa shape index (κ3) is 8.83. The maximum atomic E-state index is 14.0. The van der Waals surface area contributed by atoms with Gasteiger partial charge in [-0.25, -0.2) is 0 Å². The summed E-state index contributed by atoms with van der Waals surface area (Å²) < 4.78 is 31.3. The Kier molecular flexibility index (Phi) is 14.0. The SMILES string of the molecule is CC[C@H]1OC(=O)[C@H](C)[C@@H](Oc2ccccc2[N+](=O)[O-])[C@H](C)[C@@H](OC2O[C@H](C)C[C@H](N(C)C)C2O)[C@@](C)(OC)C[C@@H](C)C(=O)[C@H](C)[C@@H](O)[C@]1(C)O. The Balaban J connectivity index is 2.26. The van der Waals surface area contributed by atoms with Crippen LogP contribution < -0.4 is 4.74 Å². The van der Waals surface area contributed by atoms with Crippen molar-refractivity contribution >= 4 is 17.4 Å². The van der Waals surface area contributed by atoms with Gasteiger partial charge < -0.3 is 43.9 Å². The van der Waals surface area contributed by atoms with E-state index >= 15 is 0 Å². The van der Waals surface area contributed by atoms with Crippen molar-refractivity contribution in [3.63, 3.8) is 0 Å². The lowest BCUT2D eigenvalue weighted by Gasteiger charge is -2.48. The van der Waals surface area contributed by atoms with Crippen molar-refractivity contribution in [2.75, 3.05) is 21.2 Å². The summed E-state index contributed by atoms with van der Waals surface area (Å²) in [6.07, 6.45) is -6.88. The maximum absolute atomic E-state index is 14.0. The van der Waals surface area contributed by atoms with E-state index in [-0.39, 0.29) is 42.2 Å². The number of esters is 1. The summed E-state index contributed by atoms with van der Waals surface area (Å²) in [6.45, 7) is 13.1. The minimum Gasteiger partial charge on any atom is -0.482 e. The highest BCUT2D eigenvalue weighted by molar-refractivity contribution is 5.83. The van der Waals surface area contributed by atoms with Gasteiger partial charge in [0, 0.05) is 37.0 Å². The van der Waals surface area contributed by atoms with Gasteiger partial charge in [0.1, 0.15) is 29.7 Å². The summed E-state index contributed by atoms with van der Waals surface area (Å²) in [5.74, 6) is -5.01. The molecule has 0 amide bonds. The molecule has 2 fully saturated rings. The average Bonchev–Trinajstić information content (AvgIpc) is 3.07. The summed E-state index contributed by atoms with van der Waals surface area (Å²) in [5.41, 5.74) is -3.65. The van der Waals surface area contributed by atoms with Gasteiger partial charge in [-0.3, -0.25) is 19.7 Å². The minimum atomic E-state index is -2.01. The summed E-state index contributed by atoms with van der Waals surface area (Å²) in [4.78, 5) is 41.2. The van der Waals surface area contributed by atoms with Crippen LogP contribution in [-0.2, 0) is 28.5 Å². The smallest absolute Gasteiger partial charge is 0.312 e. The van der Waals surface area contributed by atoms with Gasteiger partial charge in [0.15, 0.2) is 12.0 Å². The number of cyclic esters (lactones) is 1. The Morgan fingerprint density at radius 2 is 1.68 bits per heavy atom. The number of carbonyl (C=O) groups excluding carboxylic acids is 2. The number of para-hydroxylation sites is 2. The van der Waals surface area contributed by atoms with E-state index in [1.54, 1.807) is 40.7 Å². The summed E-state index contributed by atoms with van der Waals surface area (Å²) in [7, 11) is 5.15. The second-order valence-corrected chi connectivity index (χ2v) is 14.9. The first-order valence-electron chi connectivity index (χ1n) is 17.5. The van der Waals surface area contributed by atoms with E-state index in [2.05, 4.69) is 0 Å². The summed E-state index contributed by atoms with van der Waals surface area (Å²) >= 11 is 0. The second kappa shape index (κ2) is 16.7. The molecule has 14 nitrogen and oxygen atoms in total. The van der Waals surface area contributed by atoms with E-state index in [4.69, 9.17) is 23.7 Å². The van der Waals surface area contributed by atoms with Crippen molar-refractivity contribution in [3.8, 4) is 5.75 Å². The predicted molar refractivity (Wildman–Crippen MR) is 183 cm³/mol. The molecule has 1 aromatic rings. The molecule has 3 rings (SSSR count). The molecule has 0 saturated carbocycles. The van der Waals surface area contributed by atoms with E-state index in [1.807, 2.05) is 25.9 Å². The number of likely N-dealkylation sites (N-methyl/N-ethyl adjacent to an activating group) is 1. The fourth-order valence-electron chi connectivity index (χ4n) is 7.64. The van der Waals surface area contributed by atoms with E-state index in [0.717, 1.165) is 0 Å². The number of aliphatic hydroxyl groups excluding tert-OH is 2. The van der Waals surface area contributed by atoms with Crippen LogP contribution in [0.3, 0.4) is 0 Å². The molecular weight excluding hydrogens is 652 g/mol. The number of hydrogen-bond donors (Lipinski definition) is 3. The number of carbonyl (C=O) groups is 2. The molecule has 0 radical (unpaired) electrons. The fraction of sp³-hybridized carbons (Fsp3) is 0.778. The zero-order valence-corrected chi connectivity index (χ0v) is 31.3. The van der Waals surface area contributed by atoms with E-state index in [0.29, 0.717) is 6.42 Å². The van der Waals surface area contributed by atoms with Crippen molar-refractivity contribution < 1.29 is 53.5 Å². The monoisotopic (exact) mass is 710 g/mol. The number of nitrogens with zero attached hydrogens (tertiary/aromatic N) is 2. The van der Waals surface area contributed by atoms with Gasteiger partial charge >= 0.3 is 11.7 Å². The first kappa shape index (κ1) is 41.7. The van der Waals surface area contributed by atoms with Crippen LogP contribution in [0, 0.1) is 33.8 Å². The number of nitro benzene ring substituents is 1. The molecule has 2 heterocycles. The number of ether oxygens (including phenoxy) is 5. The zero-order valence-electron chi connectivity index (χ0n) is 31.3. The van der Waals surface area contributed by atoms with Crippen molar-refractivity contribution in [1.29, 1.82) is 0 Å². The number of Topliss-reactive ketones (excluding diaryl/α,β-unsaturated/α-hetero) is 1. The Morgan fingerprint density at radius 3 is 2.24 bits per heavy atom. The minimum absolute atomic E-state index is 0.0558. The molecule has 3 N–H and O–H groups in total. The van der Waals surface area contributed by atoms with Crippen LogP contribution in [0.25, 0.3) is 0 Å². The van der Waals surface area contributed by atoms with Crippen LogP contribution in [0.15, 0.2) is 24.3 Å². The van der Waals surface area contributed by atoms with Crippen LogP contribution in [0.1, 0.15) is 74.7 Å². The number of nitro groups is 1. The standard InChI is InChI=1S/C36H58N2O12/c1-12-27-36(8,43)31(41)21(4)28(39)19(2)18-35(7,46-11)32(50-34-29(40)25(37(9)10)17-20(3)47-34)22(5)30(23(6)33(42)49-27)48-26-16-14-13-15-24(26)38(44)45/h13-16,19-23,25,27,29-32,34,40-41,43H,12,17-18H2,1-11H3/t19-,20-,21+,22+,23-,25+,27-,29?,30+,31-,32-,34?,35+,36-/m1/s1. The lowest BCUT2D eigenvalue weighted by atomic mass is 9.74. The molecule has 0 aliphatic carbocycles. The molecule has 2 unspecified atom stereocenters. The summed E-state index contributed by atoms with van der Waals surface area (Å²) in [6, 6.07) is 5.46. The lowest BCUT2D eigenvalue weighted by Crippen LogP contribution is -2.60. The van der Waals surface area contributed by atoms with Crippen LogP contribution >= 0.6 is 0 Å².